The van der Waals surface area contributed by atoms with Crippen LogP contribution in [0.2, 0.25) is 0 Å². The van der Waals surface area contributed by atoms with Gasteiger partial charge in [-0.25, -0.2) is 0 Å². The SMILES string of the molecule is CCCC(C)COCc1ccc(Br)s1. The first-order valence-electron chi connectivity index (χ1n) is 5.04. The molecular weight excluding hydrogens is 260 g/mol. The summed E-state index contributed by atoms with van der Waals surface area (Å²) in [5.74, 6) is 0.684. The van der Waals surface area contributed by atoms with Crippen molar-refractivity contribution in [2.24, 2.45) is 5.92 Å². The summed E-state index contributed by atoms with van der Waals surface area (Å²) in [6, 6.07) is 4.18. The molecular formula is C11H17BrOS. The van der Waals surface area contributed by atoms with Crippen LogP contribution in [0, 0.1) is 5.92 Å². The maximum atomic E-state index is 5.64. The third kappa shape index (κ3) is 4.58. The number of rotatable bonds is 6. The monoisotopic (exact) mass is 276 g/mol. The first kappa shape index (κ1) is 12.2. The van der Waals surface area contributed by atoms with Crippen molar-refractivity contribution >= 4 is 27.3 Å². The van der Waals surface area contributed by atoms with E-state index in [1.807, 2.05) is 0 Å². The Labute approximate surface area is 98.6 Å². The lowest BCUT2D eigenvalue weighted by Gasteiger charge is -2.09. The van der Waals surface area contributed by atoms with Gasteiger partial charge in [-0.1, -0.05) is 20.3 Å². The lowest BCUT2D eigenvalue weighted by Crippen LogP contribution is -2.04. The van der Waals surface area contributed by atoms with E-state index < -0.39 is 0 Å². The van der Waals surface area contributed by atoms with Crippen molar-refractivity contribution in [2.75, 3.05) is 6.61 Å². The predicted molar refractivity (Wildman–Crippen MR) is 65.7 cm³/mol. The first-order chi connectivity index (χ1) is 6.72. The average Bonchev–Trinajstić information content (AvgIpc) is 2.52. The van der Waals surface area contributed by atoms with E-state index in [9.17, 15) is 0 Å². The zero-order valence-electron chi connectivity index (χ0n) is 8.75. The standard InChI is InChI=1S/C11H17BrOS/c1-3-4-9(2)7-13-8-10-5-6-11(12)14-10/h5-6,9H,3-4,7-8H2,1-2H3. The maximum absolute atomic E-state index is 5.64. The Kier molecular flexibility index (Phi) is 5.75. The van der Waals surface area contributed by atoms with Crippen LogP contribution in [0.4, 0.5) is 0 Å². The minimum atomic E-state index is 0.684. The van der Waals surface area contributed by atoms with Gasteiger partial charge in [0.25, 0.3) is 0 Å². The van der Waals surface area contributed by atoms with Crippen molar-refractivity contribution < 1.29 is 4.74 Å². The van der Waals surface area contributed by atoms with Crippen LogP contribution in [0.15, 0.2) is 15.9 Å². The lowest BCUT2D eigenvalue weighted by molar-refractivity contribution is 0.0911. The Morgan fingerprint density at radius 1 is 1.50 bits per heavy atom. The molecule has 0 spiro atoms. The minimum absolute atomic E-state index is 0.684. The second-order valence-electron chi connectivity index (χ2n) is 3.61. The third-order valence-electron chi connectivity index (χ3n) is 2.06. The van der Waals surface area contributed by atoms with Gasteiger partial charge in [-0.15, -0.1) is 11.3 Å². The number of ether oxygens (including phenoxy) is 1. The molecule has 0 amide bonds. The molecule has 1 unspecified atom stereocenters. The molecule has 1 nitrogen and oxygen atoms in total. The van der Waals surface area contributed by atoms with Crippen molar-refractivity contribution in [2.45, 2.75) is 33.3 Å². The summed E-state index contributed by atoms with van der Waals surface area (Å²) in [5, 5.41) is 0. The van der Waals surface area contributed by atoms with Crippen LogP contribution in [0.3, 0.4) is 0 Å². The van der Waals surface area contributed by atoms with Crippen LogP contribution in [0.5, 0.6) is 0 Å². The van der Waals surface area contributed by atoms with E-state index in [-0.39, 0.29) is 0 Å². The number of hydrogen-bond donors (Lipinski definition) is 0. The van der Waals surface area contributed by atoms with Gasteiger partial charge in [-0.05, 0) is 40.4 Å². The Morgan fingerprint density at radius 2 is 2.29 bits per heavy atom. The normalized spacial score (nSPS) is 13.1. The van der Waals surface area contributed by atoms with Crippen molar-refractivity contribution in [1.82, 2.24) is 0 Å². The molecule has 3 heteroatoms. The molecule has 80 valence electrons. The van der Waals surface area contributed by atoms with Crippen molar-refractivity contribution in [1.29, 1.82) is 0 Å². The number of hydrogen-bond acceptors (Lipinski definition) is 2. The molecule has 1 rings (SSSR count). The summed E-state index contributed by atoms with van der Waals surface area (Å²) in [6.07, 6.45) is 2.50. The summed E-state index contributed by atoms with van der Waals surface area (Å²) < 4.78 is 6.82. The molecule has 0 fully saturated rings. The van der Waals surface area contributed by atoms with Crippen LogP contribution >= 0.6 is 27.3 Å². The molecule has 0 saturated heterocycles. The van der Waals surface area contributed by atoms with Crippen molar-refractivity contribution in [3.05, 3.63) is 20.8 Å². The van der Waals surface area contributed by atoms with Gasteiger partial charge in [-0.3, -0.25) is 0 Å². The highest BCUT2D eigenvalue weighted by Crippen LogP contribution is 2.22. The maximum Gasteiger partial charge on any atom is 0.0809 e. The first-order valence-corrected chi connectivity index (χ1v) is 6.65. The zero-order chi connectivity index (χ0) is 10.4. The molecule has 1 atom stereocenters. The van der Waals surface area contributed by atoms with E-state index in [0.717, 1.165) is 13.2 Å². The quantitative estimate of drug-likeness (QED) is 0.745. The third-order valence-corrected chi connectivity index (χ3v) is 3.65. The van der Waals surface area contributed by atoms with E-state index in [1.165, 1.54) is 21.5 Å². The molecule has 0 bridgehead atoms. The van der Waals surface area contributed by atoms with Gasteiger partial charge in [0.1, 0.15) is 0 Å². The largest absolute Gasteiger partial charge is 0.376 e. The van der Waals surface area contributed by atoms with Crippen LogP contribution < -0.4 is 0 Å². The highest BCUT2D eigenvalue weighted by atomic mass is 79.9. The molecule has 0 saturated carbocycles. The molecule has 1 aromatic heterocycles. The van der Waals surface area contributed by atoms with Gasteiger partial charge in [0.2, 0.25) is 0 Å². The average molecular weight is 277 g/mol. The van der Waals surface area contributed by atoms with Gasteiger partial charge in [0.15, 0.2) is 0 Å². The van der Waals surface area contributed by atoms with Gasteiger partial charge in [-0.2, -0.15) is 0 Å². The fourth-order valence-corrected chi connectivity index (χ4v) is 2.79. The van der Waals surface area contributed by atoms with Crippen LogP contribution in [0.25, 0.3) is 0 Å². The summed E-state index contributed by atoms with van der Waals surface area (Å²) in [4.78, 5) is 1.29. The summed E-state index contributed by atoms with van der Waals surface area (Å²) in [5.41, 5.74) is 0. The van der Waals surface area contributed by atoms with Crippen LogP contribution in [-0.2, 0) is 11.3 Å². The number of thiophene rings is 1. The Balaban J connectivity index is 2.15. The Morgan fingerprint density at radius 3 is 2.86 bits per heavy atom. The van der Waals surface area contributed by atoms with Crippen molar-refractivity contribution in [3.63, 3.8) is 0 Å². The van der Waals surface area contributed by atoms with Gasteiger partial charge in [0.05, 0.1) is 10.4 Å². The molecule has 1 aromatic rings. The topological polar surface area (TPSA) is 9.23 Å². The minimum Gasteiger partial charge on any atom is -0.376 e. The van der Waals surface area contributed by atoms with Crippen LogP contribution in [-0.4, -0.2) is 6.61 Å². The summed E-state index contributed by atoms with van der Waals surface area (Å²) in [6.45, 7) is 6.09. The number of halogens is 1. The Hall–Kier alpha value is 0.140. The fourth-order valence-electron chi connectivity index (χ4n) is 1.37. The van der Waals surface area contributed by atoms with E-state index in [2.05, 4.69) is 41.9 Å². The van der Waals surface area contributed by atoms with E-state index in [4.69, 9.17) is 4.74 Å². The van der Waals surface area contributed by atoms with Gasteiger partial charge < -0.3 is 4.74 Å². The van der Waals surface area contributed by atoms with Crippen LogP contribution in [0.1, 0.15) is 31.6 Å². The molecule has 1 heterocycles. The summed E-state index contributed by atoms with van der Waals surface area (Å²) >= 11 is 5.19. The smallest absolute Gasteiger partial charge is 0.0809 e. The second-order valence-corrected chi connectivity index (χ2v) is 6.16. The van der Waals surface area contributed by atoms with E-state index >= 15 is 0 Å². The molecule has 0 aliphatic carbocycles. The molecule has 14 heavy (non-hydrogen) atoms. The predicted octanol–water partition coefficient (Wildman–Crippen LogP) is 4.46. The highest BCUT2D eigenvalue weighted by Gasteiger charge is 2.02. The summed E-state index contributed by atoms with van der Waals surface area (Å²) in [7, 11) is 0. The molecule has 0 N–H and O–H groups in total. The molecule has 0 aliphatic rings. The van der Waals surface area contributed by atoms with E-state index in [0.29, 0.717) is 5.92 Å². The Bertz CT molecular complexity index is 260. The highest BCUT2D eigenvalue weighted by molar-refractivity contribution is 9.11. The van der Waals surface area contributed by atoms with Crippen molar-refractivity contribution in [3.8, 4) is 0 Å². The second kappa shape index (κ2) is 6.59. The van der Waals surface area contributed by atoms with Gasteiger partial charge >= 0.3 is 0 Å². The van der Waals surface area contributed by atoms with Gasteiger partial charge in [0, 0.05) is 11.5 Å². The van der Waals surface area contributed by atoms with E-state index in [1.54, 1.807) is 11.3 Å². The fraction of sp³-hybridized carbons (Fsp3) is 0.636. The zero-order valence-corrected chi connectivity index (χ0v) is 11.2. The molecule has 0 aliphatic heterocycles. The molecule has 0 aromatic carbocycles. The lowest BCUT2D eigenvalue weighted by atomic mass is 10.1. The molecule has 0 radical (unpaired) electrons.